The molecule has 0 aliphatic carbocycles. The van der Waals surface area contributed by atoms with E-state index in [-0.39, 0.29) is 12.5 Å². The smallest absolute Gasteiger partial charge is 0.307 e. The van der Waals surface area contributed by atoms with Crippen molar-refractivity contribution in [1.29, 1.82) is 0 Å². The number of aliphatic carboxylic acids is 1. The lowest BCUT2D eigenvalue weighted by molar-refractivity contribution is -0.141. The maximum Gasteiger partial charge on any atom is 0.307 e. The van der Waals surface area contributed by atoms with Crippen LogP contribution in [0.5, 0.6) is 0 Å². The highest BCUT2D eigenvalue weighted by Gasteiger charge is 2.19. The summed E-state index contributed by atoms with van der Waals surface area (Å²) in [6.07, 6.45) is 0.749. The number of halogens is 2. The number of benzene rings is 1. The van der Waals surface area contributed by atoms with Crippen LogP contribution in [0.4, 0.5) is 8.78 Å². The number of nitrogens with two attached hydrogens (primary N) is 1. The zero-order valence-electron chi connectivity index (χ0n) is 10.2. The van der Waals surface area contributed by atoms with E-state index in [1.165, 1.54) is 12.1 Å². The van der Waals surface area contributed by atoms with E-state index in [4.69, 9.17) is 10.8 Å². The van der Waals surface area contributed by atoms with Gasteiger partial charge in [-0.1, -0.05) is 13.0 Å². The Morgan fingerprint density at radius 3 is 2.61 bits per heavy atom. The van der Waals surface area contributed by atoms with Gasteiger partial charge in [0.2, 0.25) is 0 Å². The van der Waals surface area contributed by atoms with Crippen LogP contribution in [0, 0.1) is 23.5 Å². The number of hydrogen-bond acceptors (Lipinski definition) is 2. The number of carboxylic acids is 1. The summed E-state index contributed by atoms with van der Waals surface area (Å²) in [5, 5.41) is 8.88. The van der Waals surface area contributed by atoms with E-state index >= 15 is 0 Å². The average molecular weight is 257 g/mol. The summed E-state index contributed by atoms with van der Waals surface area (Å²) in [7, 11) is 0. The van der Waals surface area contributed by atoms with Crippen LogP contribution >= 0.6 is 0 Å². The van der Waals surface area contributed by atoms with E-state index in [1.807, 2.05) is 6.92 Å². The standard InChI is InChI=1S/C13H17F2NO2/c1-8(5-10(7-16)13(17)18)4-9-2-3-11(14)6-12(9)15/h2-3,6,8,10H,4-5,7,16H2,1H3,(H,17,18). The summed E-state index contributed by atoms with van der Waals surface area (Å²) in [4.78, 5) is 10.8. The van der Waals surface area contributed by atoms with Gasteiger partial charge in [-0.2, -0.15) is 0 Å². The van der Waals surface area contributed by atoms with Gasteiger partial charge in [-0.25, -0.2) is 8.78 Å². The van der Waals surface area contributed by atoms with E-state index in [0.29, 0.717) is 18.4 Å². The molecule has 0 aliphatic heterocycles. The number of carboxylic acid groups (broad SMARTS) is 1. The molecule has 2 unspecified atom stereocenters. The van der Waals surface area contributed by atoms with Gasteiger partial charge in [-0.15, -0.1) is 0 Å². The predicted molar refractivity (Wildman–Crippen MR) is 64.0 cm³/mol. The van der Waals surface area contributed by atoms with Gasteiger partial charge < -0.3 is 10.8 Å². The first kappa shape index (κ1) is 14.6. The Labute approximate surface area is 105 Å². The molecular formula is C13H17F2NO2. The summed E-state index contributed by atoms with van der Waals surface area (Å²) < 4.78 is 26.1. The molecule has 0 aliphatic rings. The fourth-order valence-electron chi connectivity index (χ4n) is 1.93. The maximum absolute atomic E-state index is 13.4. The minimum Gasteiger partial charge on any atom is -0.481 e. The van der Waals surface area contributed by atoms with Crippen LogP contribution in [0.15, 0.2) is 18.2 Å². The van der Waals surface area contributed by atoms with Gasteiger partial charge in [0.05, 0.1) is 5.92 Å². The molecule has 1 rings (SSSR count). The van der Waals surface area contributed by atoms with Gasteiger partial charge in [0.1, 0.15) is 11.6 Å². The Morgan fingerprint density at radius 1 is 1.44 bits per heavy atom. The largest absolute Gasteiger partial charge is 0.481 e. The van der Waals surface area contributed by atoms with Crippen LogP contribution in [-0.4, -0.2) is 17.6 Å². The lowest BCUT2D eigenvalue weighted by atomic mass is 9.90. The molecule has 2 atom stereocenters. The number of carbonyl (C=O) groups is 1. The van der Waals surface area contributed by atoms with Gasteiger partial charge in [-0.05, 0) is 30.4 Å². The first-order chi connectivity index (χ1) is 8.43. The van der Waals surface area contributed by atoms with Crippen LogP contribution in [0.3, 0.4) is 0 Å². The first-order valence-corrected chi connectivity index (χ1v) is 5.80. The van der Waals surface area contributed by atoms with Crippen LogP contribution in [-0.2, 0) is 11.2 Å². The Morgan fingerprint density at radius 2 is 2.11 bits per heavy atom. The van der Waals surface area contributed by atoms with E-state index in [0.717, 1.165) is 6.07 Å². The van der Waals surface area contributed by atoms with E-state index in [1.54, 1.807) is 0 Å². The molecule has 0 spiro atoms. The van der Waals surface area contributed by atoms with Crippen molar-refractivity contribution in [2.45, 2.75) is 19.8 Å². The number of rotatable bonds is 6. The summed E-state index contributed by atoms with van der Waals surface area (Å²) >= 11 is 0. The number of hydrogen-bond donors (Lipinski definition) is 2. The summed E-state index contributed by atoms with van der Waals surface area (Å²) in [6.45, 7) is 1.89. The van der Waals surface area contributed by atoms with Crippen molar-refractivity contribution in [3.8, 4) is 0 Å². The summed E-state index contributed by atoms with van der Waals surface area (Å²) in [5.41, 5.74) is 5.75. The Kier molecular flexibility index (Phi) is 5.22. The van der Waals surface area contributed by atoms with Crippen LogP contribution in [0.2, 0.25) is 0 Å². The van der Waals surface area contributed by atoms with Crippen molar-refractivity contribution in [1.82, 2.24) is 0 Å². The minimum absolute atomic E-state index is 0.0328. The van der Waals surface area contributed by atoms with E-state index in [9.17, 15) is 13.6 Å². The molecule has 0 bridgehead atoms. The highest BCUT2D eigenvalue weighted by molar-refractivity contribution is 5.70. The third-order valence-electron chi connectivity index (χ3n) is 2.90. The highest BCUT2D eigenvalue weighted by atomic mass is 19.1. The van der Waals surface area contributed by atoms with Crippen molar-refractivity contribution in [2.75, 3.05) is 6.54 Å². The monoisotopic (exact) mass is 257 g/mol. The third-order valence-corrected chi connectivity index (χ3v) is 2.90. The molecule has 0 saturated heterocycles. The Hall–Kier alpha value is -1.49. The second-order valence-electron chi connectivity index (χ2n) is 4.55. The fourth-order valence-corrected chi connectivity index (χ4v) is 1.93. The highest BCUT2D eigenvalue weighted by Crippen LogP contribution is 2.19. The zero-order valence-corrected chi connectivity index (χ0v) is 10.2. The molecule has 0 amide bonds. The van der Waals surface area contributed by atoms with Crippen molar-refractivity contribution in [3.05, 3.63) is 35.4 Å². The molecule has 0 aromatic heterocycles. The normalized spacial score (nSPS) is 14.2. The lowest BCUT2D eigenvalue weighted by Gasteiger charge is -2.16. The van der Waals surface area contributed by atoms with Crippen LogP contribution < -0.4 is 5.73 Å². The Balaban J connectivity index is 2.64. The second kappa shape index (κ2) is 6.44. The van der Waals surface area contributed by atoms with E-state index in [2.05, 4.69) is 0 Å². The summed E-state index contributed by atoms with van der Waals surface area (Å²) in [5.74, 6) is -2.81. The van der Waals surface area contributed by atoms with Crippen LogP contribution in [0.25, 0.3) is 0 Å². The quantitative estimate of drug-likeness (QED) is 0.821. The molecule has 100 valence electrons. The lowest BCUT2D eigenvalue weighted by Crippen LogP contribution is -2.25. The topological polar surface area (TPSA) is 63.3 Å². The molecule has 0 heterocycles. The van der Waals surface area contributed by atoms with Gasteiger partial charge in [-0.3, -0.25) is 4.79 Å². The van der Waals surface area contributed by atoms with Crippen molar-refractivity contribution in [3.63, 3.8) is 0 Å². The molecule has 0 radical (unpaired) electrons. The second-order valence-corrected chi connectivity index (χ2v) is 4.55. The van der Waals surface area contributed by atoms with Gasteiger partial charge >= 0.3 is 5.97 Å². The predicted octanol–water partition coefficient (Wildman–Crippen LogP) is 2.19. The Bertz CT molecular complexity index is 423. The van der Waals surface area contributed by atoms with Crippen molar-refractivity contribution in [2.24, 2.45) is 17.6 Å². The molecule has 0 fully saturated rings. The van der Waals surface area contributed by atoms with Gasteiger partial charge in [0.25, 0.3) is 0 Å². The van der Waals surface area contributed by atoms with Gasteiger partial charge in [0.15, 0.2) is 0 Å². The molecule has 1 aromatic rings. The van der Waals surface area contributed by atoms with Crippen LogP contribution in [0.1, 0.15) is 18.9 Å². The summed E-state index contributed by atoms with van der Waals surface area (Å²) in [6, 6.07) is 3.42. The van der Waals surface area contributed by atoms with E-state index < -0.39 is 23.5 Å². The molecule has 3 N–H and O–H groups in total. The van der Waals surface area contributed by atoms with Crippen molar-refractivity contribution < 1.29 is 18.7 Å². The minimum atomic E-state index is -0.941. The maximum atomic E-state index is 13.4. The molecule has 1 aromatic carbocycles. The average Bonchev–Trinajstić information content (AvgIpc) is 2.29. The molecular weight excluding hydrogens is 240 g/mol. The van der Waals surface area contributed by atoms with Crippen molar-refractivity contribution >= 4 is 5.97 Å². The first-order valence-electron chi connectivity index (χ1n) is 5.80. The van der Waals surface area contributed by atoms with Gasteiger partial charge in [0, 0.05) is 12.6 Å². The molecule has 0 saturated carbocycles. The molecule has 18 heavy (non-hydrogen) atoms. The third kappa shape index (κ3) is 4.07. The molecule has 3 nitrogen and oxygen atoms in total. The fraction of sp³-hybridized carbons (Fsp3) is 0.462. The SMILES string of the molecule is CC(Cc1ccc(F)cc1F)CC(CN)C(=O)O. The molecule has 5 heteroatoms. The zero-order chi connectivity index (χ0) is 13.7.